The van der Waals surface area contributed by atoms with E-state index >= 15 is 0 Å². The maximum absolute atomic E-state index is 6.22. The van der Waals surface area contributed by atoms with Crippen molar-refractivity contribution in [1.29, 1.82) is 0 Å². The van der Waals surface area contributed by atoms with Crippen molar-refractivity contribution in [2.75, 3.05) is 19.6 Å². The summed E-state index contributed by atoms with van der Waals surface area (Å²) in [4.78, 5) is 2.77. The van der Waals surface area contributed by atoms with Crippen molar-refractivity contribution >= 4 is 0 Å². The average Bonchev–Trinajstić information content (AvgIpc) is 2.42. The first-order valence-electron chi connectivity index (χ1n) is 8.06. The molecule has 1 aliphatic heterocycles. The fraction of sp³-hybridized carbons (Fsp3) is 1.00. The van der Waals surface area contributed by atoms with Gasteiger partial charge in [0.15, 0.2) is 0 Å². The van der Waals surface area contributed by atoms with E-state index in [1.165, 1.54) is 51.6 Å². The smallest absolute Gasteiger partial charge is 0.0334 e. The van der Waals surface area contributed by atoms with Gasteiger partial charge < -0.3 is 5.73 Å². The van der Waals surface area contributed by atoms with Crippen LogP contribution in [-0.2, 0) is 0 Å². The van der Waals surface area contributed by atoms with Crippen molar-refractivity contribution < 1.29 is 0 Å². The lowest BCUT2D eigenvalue weighted by atomic mass is 9.69. The van der Waals surface area contributed by atoms with E-state index in [9.17, 15) is 0 Å². The lowest BCUT2D eigenvalue weighted by molar-refractivity contribution is -0.00685. The van der Waals surface area contributed by atoms with Gasteiger partial charge in [-0.3, -0.25) is 4.90 Å². The third-order valence-electron chi connectivity index (χ3n) is 5.89. The van der Waals surface area contributed by atoms with Crippen LogP contribution in [0.4, 0.5) is 0 Å². The van der Waals surface area contributed by atoms with Crippen LogP contribution in [-0.4, -0.2) is 30.1 Å². The Morgan fingerprint density at radius 3 is 2.61 bits per heavy atom. The van der Waals surface area contributed by atoms with E-state index < -0.39 is 0 Å². The van der Waals surface area contributed by atoms with E-state index in [2.05, 4.69) is 25.7 Å². The molecule has 0 spiro atoms. The second kappa shape index (κ2) is 5.92. The molecule has 0 bridgehead atoms. The number of nitrogens with two attached hydrogens (primary N) is 1. The molecule has 0 radical (unpaired) electrons. The van der Waals surface area contributed by atoms with Crippen LogP contribution in [0, 0.1) is 17.8 Å². The highest BCUT2D eigenvalue weighted by atomic mass is 15.2. The zero-order valence-corrected chi connectivity index (χ0v) is 12.6. The summed E-state index contributed by atoms with van der Waals surface area (Å²) < 4.78 is 0. The van der Waals surface area contributed by atoms with Crippen LogP contribution in [0.1, 0.15) is 59.3 Å². The van der Waals surface area contributed by atoms with Gasteiger partial charge in [0.25, 0.3) is 0 Å². The maximum atomic E-state index is 6.22. The van der Waals surface area contributed by atoms with E-state index in [1.807, 2.05) is 0 Å². The number of piperidine rings is 1. The standard InChI is InChI=1S/C16H32N2/c1-4-15-6-5-9-18(11-15)16(12-17)8-7-13(2)14(3)10-16/h13-15H,4-12,17H2,1-3H3. The van der Waals surface area contributed by atoms with Crippen LogP contribution in [0.3, 0.4) is 0 Å². The Kier molecular flexibility index (Phi) is 4.71. The Bertz CT molecular complexity index is 266. The largest absolute Gasteiger partial charge is 0.329 e. The molecule has 2 aliphatic rings. The Labute approximate surface area is 113 Å². The summed E-state index contributed by atoms with van der Waals surface area (Å²) in [7, 11) is 0. The Morgan fingerprint density at radius 1 is 1.22 bits per heavy atom. The highest BCUT2D eigenvalue weighted by molar-refractivity contribution is 4.98. The highest BCUT2D eigenvalue weighted by Gasteiger charge is 2.42. The molecule has 0 aromatic heterocycles. The first-order chi connectivity index (χ1) is 8.61. The first-order valence-corrected chi connectivity index (χ1v) is 8.06. The molecule has 1 saturated heterocycles. The highest BCUT2D eigenvalue weighted by Crippen LogP contribution is 2.41. The molecule has 2 rings (SSSR count). The van der Waals surface area contributed by atoms with Gasteiger partial charge in [0.05, 0.1) is 0 Å². The molecule has 4 atom stereocenters. The normalized spacial score (nSPS) is 43.0. The van der Waals surface area contributed by atoms with Gasteiger partial charge in [-0.15, -0.1) is 0 Å². The van der Waals surface area contributed by atoms with Crippen molar-refractivity contribution in [3.05, 3.63) is 0 Å². The third kappa shape index (κ3) is 2.75. The quantitative estimate of drug-likeness (QED) is 0.835. The first kappa shape index (κ1) is 14.3. The Hall–Kier alpha value is -0.0800. The second-order valence-electron chi connectivity index (χ2n) is 6.99. The number of hydrogen-bond donors (Lipinski definition) is 1. The molecule has 2 heteroatoms. The van der Waals surface area contributed by atoms with Crippen LogP contribution in [0.2, 0.25) is 0 Å². The predicted octanol–water partition coefficient (Wildman–Crippen LogP) is 3.26. The van der Waals surface area contributed by atoms with Crippen molar-refractivity contribution in [3.8, 4) is 0 Å². The zero-order valence-electron chi connectivity index (χ0n) is 12.6. The number of rotatable bonds is 3. The predicted molar refractivity (Wildman–Crippen MR) is 78.6 cm³/mol. The van der Waals surface area contributed by atoms with Crippen LogP contribution < -0.4 is 5.73 Å². The molecule has 0 aromatic rings. The van der Waals surface area contributed by atoms with Gasteiger partial charge in [-0.1, -0.05) is 27.2 Å². The number of nitrogens with zero attached hydrogens (tertiary/aromatic N) is 1. The van der Waals surface area contributed by atoms with Gasteiger partial charge in [0.2, 0.25) is 0 Å². The summed E-state index contributed by atoms with van der Waals surface area (Å²) >= 11 is 0. The summed E-state index contributed by atoms with van der Waals surface area (Å²) in [6.45, 7) is 10.6. The SMILES string of the molecule is CCC1CCCN(C2(CN)CCC(C)C(C)C2)C1. The lowest BCUT2D eigenvalue weighted by Gasteiger charge is -2.52. The van der Waals surface area contributed by atoms with Crippen molar-refractivity contribution in [2.45, 2.75) is 64.8 Å². The second-order valence-corrected chi connectivity index (χ2v) is 6.99. The summed E-state index contributed by atoms with van der Waals surface area (Å²) in [5.74, 6) is 2.64. The monoisotopic (exact) mass is 252 g/mol. The van der Waals surface area contributed by atoms with Gasteiger partial charge in [-0.25, -0.2) is 0 Å². The molecule has 2 nitrogen and oxygen atoms in total. The van der Waals surface area contributed by atoms with E-state index in [4.69, 9.17) is 5.73 Å². The maximum Gasteiger partial charge on any atom is 0.0334 e. The van der Waals surface area contributed by atoms with E-state index in [1.54, 1.807) is 0 Å². The van der Waals surface area contributed by atoms with Crippen LogP contribution in [0.5, 0.6) is 0 Å². The fourth-order valence-electron chi connectivity index (χ4n) is 4.11. The number of likely N-dealkylation sites (tertiary alicyclic amines) is 1. The van der Waals surface area contributed by atoms with Gasteiger partial charge >= 0.3 is 0 Å². The van der Waals surface area contributed by atoms with Crippen molar-refractivity contribution in [2.24, 2.45) is 23.5 Å². The van der Waals surface area contributed by atoms with Crippen LogP contribution >= 0.6 is 0 Å². The molecule has 4 unspecified atom stereocenters. The molecule has 18 heavy (non-hydrogen) atoms. The Morgan fingerprint density at radius 2 is 2.00 bits per heavy atom. The summed E-state index contributed by atoms with van der Waals surface area (Å²) in [5.41, 5.74) is 6.56. The Balaban J connectivity index is 2.07. The lowest BCUT2D eigenvalue weighted by Crippen LogP contribution is -2.59. The van der Waals surface area contributed by atoms with Gasteiger partial charge in [0.1, 0.15) is 0 Å². The van der Waals surface area contributed by atoms with Gasteiger partial charge in [-0.05, 0) is 56.4 Å². The summed E-state index contributed by atoms with van der Waals surface area (Å²) in [6, 6.07) is 0. The molecule has 1 saturated carbocycles. The zero-order chi connectivity index (χ0) is 13.2. The minimum atomic E-state index is 0.333. The van der Waals surface area contributed by atoms with Crippen LogP contribution in [0.25, 0.3) is 0 Å². The van der Waals surface area contributed by atoms with Crippen LogP contribution in [0.15, 0.2) is 0 Å². The van der Waals surface area contributed by atoms with Gasteiger partial charge in [0, 0.05) is 18.6 Å². The molecule has 1 heterocycles. The van der Waals surface area contributed by atoms with E-state index in [-0.39, 0.29) is 0 Å². The fourth-order valence-corrected chi connectivity index (χ4v) is 4.11. The number of hydrogen-bond acceptors (Lipinski definition) is 2. The van der Waals surface area contributed by atoms with E-state index in [0.29, 0.717) is 5.54 Å². The summed E-state index contributed by atoms with van der Waals surface area (Å²) in [6.07, 6.45) is 8.16. The molecule has 1 aliphatic carbocycles. The van der Waals surface area contributed by atoms with E-state index in [0.717, 1.165) is 24.3 Å². The summed E-state index contributed by atoms with van der Waals surface area (Å²) in [5, 5.41) is 0. The van der Waals surface area contributed by atoms with Crippen molar-refractivity contribution in [3.63, 3.8) is 0 Å². The molecular formula is C16H32N2. The van der Waals surface area contributed by atoms with Gasteiger partial charge in [-0.2, -0.15) is 0 Å². The minimum Gasteiger partial charge on any atom is -0.329 e. The minimum absolute atomic E-state index is 0.333. The molecule has 2 N–H and O–H groups in total. The molecular weight excluding hydrogens is 220 g/mol. The molecule has 106 valence electrons. The topological polar surface area (TPSA) is 29.3 Å². The molecule has 2 fully saturated rings. The molecule has 0 aromatic carbocycles. The molecule has 0 amide bonds. The van der Waals surface area contributed by atoms with Crippen molar-refractivity contribution in [1.82, 2.24) is 4.90 Å². The average molecular weight is 252 g/mol. The third-order valence-corrected chi connectivity index (χ3v) is 5.89.